The van der Waals surface area contributed by atoms with Crippen molar-refractivity contribution >= 4 is 23.2 Å². The lowest BCUT2D eigenvalue weighted by Crippen LogP contribution is -2.48. The molecule has 2 atom stereocenters. The van der Waals surface area contributed by atoms with Gasteiger partial charge in [-0.2, -0.15) is 0 Å². The van der Waals surface area contributed by atoms with Crippen LogP contribution < -0.4 is 16.4 Å². The van der Waals surface area contributed by atoms with Crippen LogP contribution in [-0.4, -0.2) is 25.0 Å². The first-order valence-electron chi connectivity index (χ1n) is 6.60. The average molecular weight is 282 g/mol. The Balaban J connectivity index is 2.32. The third-order valence-corrected chi connectivity index (χ3v) is 4.20. The number of nitrogens with two attached hydrogens (primary N) is 2. The molecule has 1 aromatic rings. The van der Waals surface area contributed by atoms with Crippen molar-refractivity contribution in [3.63, 3.8) is 0 Å². The normalized spacial score (nSPS) is 23.4. The molecule has 1 amide bonds. The minimum atomic E-state index is -0.462. The molecule has 0 aliphatic carbocycles. The van der Waals surface area contributed by atoms with E-state index in [4.69, 9.17) is 23.1 Å². The van der Waals surface area contributed by atoms with E-state index in [-0.39, 0.29) is 0 Å². The summed E-state index contributed by atoms with van der Waals surface area (Å²) in [6, 6.07) is 5.51. The second-order valence-electron chi connectivity index (χ2n) is 5.15. The summed E-state index contributed by atoms with van der Waals surface area (Å²) in [5.41, 5.74) is 12.5. The maximum absolute atomic E-state index is 11.1. The quantitative estimate of drug-likeness (QED) is 0.890. The number of rotatable bonds is 3. The van der Waals surface area contributed by atoms with Crippen molar-refractivity contribution in [2.45, 2.75) is 25.8 Å². The summed E-state index contributed by atoms with van der Waals surface area (Å²) in [7, 11) is 0. The van der Waals surface area contributed by atoms with E-state index >= 15 is 0 Å². The van der Waals surface area contributed by atoms with E-state index in [0.717, 1.165) is 18.7 Å². The highest BCUT2D eigenvalue weighted by Crippen LogP contribution is 2.33. The number of piperidine rings is 1. The zero-order chi connectivity index (χ0) is 14.0. The zero-order valence-electron chi connectivity index (χ0n) is 11.1. The minimum absolute atomic E-state index is 0.297. The molecular weight excluding hydrogens is 262 g/mol. The predicted molar refractivity (Wildman–Crippen MR) is 78.6 cm³/mol. The molecule has 1 heterocycles. The number of carbonyl (C=O) groups excluding carboxylic acids is 1. The van der Waals surface area contributed by atoms with Gasteiger partial charge in [0.05, 0.1) is 10.7 Å². The van der Waals surface area contributed by atoms with Crippen molar-refractivity contribution < 1.29 is 4.79 Å². The summed E-state index contributed by atoms with van der Waals surface area (Å²) in [6.45, 7) is 3.77. The van der Waals surface area contributed by atoms with Gasteiger partial charge in [0, 0.05) is 24.7 Å². The number of benzene rings is 1. The largest absolute Gasteiger partial charge is 0.366 e. The smallest absolute Gasteiger partial charge is 0.248 e. The van der Waals surface area contributed by atoms with Gasteiger partial charge in [0.2, 0.25) is 5.91 Å². The van der Waals surface area contributed by atoms with Crippen molar-refractivity contribution in [2.75, 3.05) is 18.0 Å². The van der Waals surface area contributed by atoms with Crippen LogP contribution in [0.2, 0.25) is 5.02 Å². The molecule has 2 unspecified atom stereocenters. The van der Waals surface area contributed by atoms with Gasteiger partial charge in [-0.25, -0.2) is 0 Å². The molecule has 2 rings (SSSR count). The first kappa shape index (κ1) is 14.2. The first-order chi connectivity index (χ1) is 9.04. The zero-order valence-corrected chi connectivity index (χ0v) is 11.9. The molecule has 1 aliphatic rings. The monoisotopic (exact) mass is 281 g/mol. The Kier molecular flexibility index (Phi) is 4.32. The second kappa shape index (κ2) is 5.80. The van der Waals surface area contributed by atoms with E-state index in [9.17, 15) is 4.79 Å². The molecule has 0 aromatic heterocycles. The standard InChI is InChI=1S/C14H20ClN3O/c1-9-3-2-6-18(13(9)8-16)12-5-4-10(14(17)19)7-11(12)15/h4-5,7,9,13H,2-3,6,8,16H2,1H3,(H2,17,19). The lowest BCUT2D eigenvalue weighted by molar-refractivity contribution is 0.100. The first-order valence-corrected chi connectivity index (χ1v) is 6.98. The van der Waals surface area contributed by atoms with Crippen LogP contribution in [-0.2, 0) is 0 Å². The van der Waals surface area contributed by atoms with E-state index in [2.05, 4.69) is 11.8 Å². The average Bonchev–Trinajstić information content (AvgIpc) is 2.38. The molecule has 0 spiro atoms. The highest BCUT2D eigenvalue weighted by molar-refractivity contribution is 6.33. The van der Waals surface area contributed by atoms with E-state index in [1.807, 2.05) is 6.07 Å². The Bertz CT molecular complexity index is 478. The lowest BCUT2D eigenvalue weighted by atomic mass is 9.90. The number of hydrogen-bond donors (Lipinski definition) is 2. The van der Waals surface area contributed by atoms with Crippen LogP contribution in [0, 0.1) is 5.92 Å². The number of nitrogens with zero attached hydrogens (tertiary/aromatic N) is 1. The van der Waals surface area contributed by atoms with Gasteiger partial charge in [-0.05, 0) is 37.0 Å². The van der Waals surface area contributed by atoms with Crippen LogP contribution in [0.3, 0.4) is 0 Å². The molecule has 0 radical (unpaired) electrons. The predicted octanol–water partition coefficient (Wildman–Crippen LogP) is 2.00. The van der Waals surface area contributed by atoms with Crippen LogP contribution in [0.5, 0.6) is 0 Å². The highest BCUT2D eigenvalue weighted by Gasteiger charge is 2.28. The Hall–Kier alpha value is -1.26. The molecule has 0 bridgehead atoms. The van der Waals surface area contributed by atoms with Gasteiger partial charge in [0.25, 0.3) is 0 Å². The van der Waals surface area contributed by atoms with Crippen molar-refractivity contribution in [1.82, 2.24) is 0 Å². The molecule has 1 aliphatic heterocycles. The SMILES string of the molecule is CC1CCCN(c2ccc(C(N)=O)cc2Cl)C1CN. The third kappa shape index (κ3) is 2.85. The number of halogens is 1. The van der Waals surface area contributed by atoms with Gasteiger partial charge in [0.15, 0.2) is 0 Å². The highest BCUT2D eigenvalue weighted by atomic mass is 35.5. The Morgan fingerprint density at radius 3 is 2.84 bits per heavy atom. The van der Waals surface area contributed by atoms with Crippen molar-refractivity contribution in [2.24, 2.45) is 17.4 Å². The maximum Gasteiger partial charge on any atom is 0.248 e. The summed E-state index contributed by atoms with van der Waals surface area (Å²) in [6.07, 6.45) is 2.32. The summed E-state index contributed by atoms with van der Waals surface area (Å²) in [4.78, 5) is 13.4. The fraction of sp³-hybridized carbons (Fsp3) is 0.500. The Morgan fingerprint density at radius 2 is 2.26 bits per heavy atom. The minimum Gasteiger partial charge on any atom is -0.366 e. The van der Waals surface area contributed by atoms with Crippen LogP contribution >= 0.6 is 11.6 Å². The fourth-order valence-corrected chi connectivity index (χ4v) is 3.09. The molecule has 1 aromatic carbocycles. The second-order valence-corrected chi connectivity index (χ2v) is 5.55. The Labute approximate surface area is 118 Å². The third-order valence-electron chi connectivity index (χ3n) is 3.90. The molecule has 1 saturated heterocycles. The number of primary amides is 1. The number of anilines is 1. The fourth-order valence-electron chi connectivity index (χ4n) is 2.80. The summed E-state index contributed by atoms with van der Waals surface area (Å²) < 4.78 is 0. The van der Waals surface area contributed by atoms with Crippen molar-refractivity contribution in [1.29, 1.82) is 0 Å². The van der Waals surface area contributed by atoms with Crippen LogP contribution in [0.4, 0.5) is 5.69 Å². The van der Waals surface area contributed by atoms with E-state index < -0.39 is 5.91 Å². The molecule has 4 N–H and O–H groups in total. The lowest BCUT2D eigenvalue weighted by Gasteiger charge is -2.41. The topological polar surface area (TPSA) is 72.3 Å². The van der Waals surface area contributed by atoms with Gasteiger partial charge in [-0.15, -0.1) is 0 Å². The van der Waals surface area contributed by atoms with Gasteiger partial charge in [-0.3, -0.25) is 4.79 Å². The Morgan fingerprint density at radius 1 is 1.53 bits per heavy atom. The van der Waals surface area contributed by atoms with Crippen LogP contribution in [0.15, 0.2) is 18.2 Å². The molecule has 104 valence electrons. The summed E-state index contributed by atoms with van der Waals surface area (Å²) in [5, 5.41) is 0.559. The van der Waals surface area contributed by atoms with E-state index in [1.54, 1.807) is 12.1 Å². The number of amides is 1. The van der Waals surface area contributed by atoms with Crippen molar-refractivity contribution in [3.05, 3.63) is 28.8 Å². The van der Waals surface area contributed by atoms with Crippen molar-refractivity contribution in [3.8, 4) is 0 Å². The van der Waals surface area contributed by atoms with E-state index in [1.165, 1.54) is 6.42 Å². The number of carbonyl (C=O) groups is 1. The van der Waals surface area contributed by atoms with Gasteiger partial charge >= 0.3 is 0 Å². The molecular formula is C14H20ClN3O. The molecule has 4 nitrogen and oxygen atoms in total. The van der Waals surface area contributed by atoms with E-state index in [0.29, 0.717) is 29.1 Å². The summed E-state index contributed by atoms with van der Waals surface area (Å²) >= 11 is 6.29. The van der Waals surface area contributed by atoms with Crippen LogP contribution in [0.1, 0.15) is 30.1 Å². The van der Waals surface area contributed by atoms with Gasteiger partial charge in [-0.1, -0.05) is 18.5 Å². The molecule has 0 saturated carbocycles. The number of hydrogen-bond acceptors (Lipinski definition) is 3. The molecule has 5 heteroatoms. The molecule has 19 heavy (non-hydrogen) atoms. The van der Waals surface area contributed by atoms with Gasteiger partial charge in [0.1, 0.15) is 0 Å². The van der Waals surface area contributed by atoms with Crippen LogP contribution in [0.25, 0.3) is 0 Å². The van der Waals surface area contributed by atoms with Gasteiger partial charge < -0.3 is 16.4 Å². The maximum atomic E-state index is 11.1. The summed E-state index contributed by atoms with van der Waals surface area (Å²) in [5.74, 6) is 0.0847. The molecule has 1 fully saturated rings.